The Morgan fingerprint density at radius 3 is 3.00 bits per heavy atom. The molecule has 0 radical (unpaired) electrons. The minimum absolute atomic E-state index is 0.0360. The fraction of sp³-hybridized carbons (Fsp3) is 0. The average Bonchev–Trinajstić information content (AvgIpc) is 2.48. The fourth-order valence-electron chi connectivity index (χ4n) is 0.808. The highest BCUT2D eigenvalue weighted by atomic mass is 16.7. The van der Waals surface area contributed by atoms with Crippen LogP contribution in [0, 0.1) is 0 Å². The molecule has 0 aromatic rings. The third-order valence-electron chi connectivity index (χ3n) is 1.34. The van der Waals surface area contributed by atoms with Crippen molar-refractivity contribution in [2.24, 2.45) is 0 Å². The van der Waals surface area contributed by atoms with Gasteiger partial charge in [0.25, 0.3) is 0 Å². The first-order valence-corrected chi connectivity index (χ1v) is 3.12. The van der Waals surface area contributed by atoms with Gasteiger partial charge in [-0.15, -0.1) is 0 Å². The molecule has 0 saturated carbocycles. The second kappa shape index (κ2) is 2.42. The number of rotatable bonds is 1. The molecule has 0 aliphatic carbocycles. The number of aromatic amines is 1. The minimum atomic E-state index is -0.986. The molecule has 9 heteroatoms. The van der Waals surface area contributed by atoms with E-state index in [1.54, 1.807) is 5.59 Å². The van der Waals surface area contributed by atoms with Crippen molar-refractivity contribution < 1.29 is 9.84 Å². The predicted molar refractivity (Wildman–Crippen MR) is 36.9 cm³/mol. The maximum absolute atomic E-state index is 10.8. The summed E-state index contributed by atoms with van der Waals surface area (Å²) in [5.41, 5.74) is -0.323. The lowest BCUT2D eigenvalue weighted by molar-refractivity contribution is 0.152. The molecule has 9 nitrogen and oxygen atoms in total. The monoisotopic (exact) mass is 185 g/mol. The number of aromatic nitrogens is 4. The third-order valence-corrected chi connectivity index (χ3v) is 1.34. The summed E-state index contributed by atoms with van der Waals surface area (Å²) in [5.74, 6) is -0.141. The van der Waals surface area contributed by atoms with Gasteiger partial charge < -0.3 is 0 Å². The first-order valence-electron chi connectivity index (χ1n) is 3.12. The van der Waals surface area contributed by atoms with Gasteiger partial charge in [0.05, 0.1) is 0 Å². The quantitative estimate of drug-likeness (QED) is 0.345. The molecule has 0 saturated heterocycles. The van der Waals surface area contributed by atoms with Crippen LogP contribution in [0.5, 0.6) is 0 Å². The van der Waals surface area contributed by atoms with Crippen LogP contribution in [0.25, 0.3) is 11.6 Å². The van der Waals surface area contributed by atoms with E-state index in [9.17, 15) is 9.59 Å². The van der Waals surface area contributed by atoms with Crippen molar-refractivity contribution in [3.63, 3.8) is 0 Å². The zero-order chi connectivity index (χ0) is 9.42. The molecule has 2 aliphatic rings. The molecule has 0 spiro atoms. The van der Waals surface area contributed by atoms with Gasteiger partial charge in [-0.05, 0) is 10.0 Å². The van der Waals surface area contributed by atoms with Crippen molar-refractivity contribution in [1.29, 1.82) is 0 Å². The Morgan fingerprint density at radius 1 is 1.54 bits per heavy atom. The lowest BCUT2D eigenvalue weighted by atomic mass is 10.5. The van der Waals surface area contributed by atoms with Crippen LogP contribution in [-0.4, -0.2) is 25.2 Å². The Kier molecular flexibility index (Phi) is 1.39. The highest BCUT2D eigenvalue weighted by Crippen LogP contribution is 2.07. The lowest BCUT2D eigenvalue weighted by Crippen LogP contribution is -2.31. The van der Waals surface area contributed by atoms with E-state index in [0.717, 1.165) is 0 Å². The van der Waals surface area contributed by atoms with Crippen LogP contribution in [0.15, 0.2) is 14.2 Å². The zero-order valence-electron chi connectivity index (χ0n) is 6.01. The van der Waals surface area contributed by atoms with Gasteiger partial charge in [-0.3, -0.25) is 19.8 Å². The molecule has 13 heavy (non-hydrogen) atoms. The SMILES string of the molecule is O=c1nc2n(NO)onc-2[nH]c1=O. The van der Waals surface area contributed by atoms with E-state index in [2.05, 4.69) is 19.8 Å². The standard InChI is InChI=1S/C4H3N5O4/c10-3-4(11)6-2-1(5-3)7-13-9(2)8-12/h8,12H,(H,5,7,10). The molecule has 0 unspecified atom stereocenters. The largest absolute Gasteiger partial charge is 0.337 e. The fourth-order valence-corrected chi connectivity index (χ4v) is 0.808. The molecular weight excluding hydrogens is 182 g/mol. The van der Waals surface area contributed by atoms with Crippen LogP contribution < -0.4 is 16.7 Å². The van der Waals surface area contributed by atoms with E-state index in [1.807, 2.05) is 0 Å². The number of hydrogen-bond donors (Lipinski definition) is 3. The van der Waals surface area contributed by atoms with Crippen molar-refractivity contribution in [3.8, 4) is 11.6 Å². The molecule has 0 amide bonds. The van der Waals surface area contributed by atoms with Crippen molar-refractivity contribution in [1.82, 2.24) is 20.0 Å². The summed E-state index contributed by atoms with van der Waals surface area (Å²) in [5, 5.41) is 11.7. The number of H-pyrrole nitrogens is 1. The highest BCUT2D eigenvalue weighted by molar-refractivity contribution is 5.41. The van der Waals surface area contributed by atoms with Gasteiger partial charge in [-0.2, -0.15) is 10.6 Å². The van der Waals surface area contributed by atoms with E-state index in [-0.39, 0.29) is 11.6 Å². The zero-order valence-corrected chi connectivity index (χ0v) is 6.01. The van der Waals surface area contributed by atoms with Gasteiger partial charge in [0.1, 0.15) is 0 Å². The Morgan fingerprint density at radius 2 is 2.31 bits per heavy atom. The summed E-state index contributed by atoms with van der Waals surface area (Å²) in [7, 11) is 0. The summed E-state index contributed by atoms with van der Waals surface area (Å²) in [6, 6.07) is 0. The van der Waals surface area contributed by atoms with E-state index in [0.29, 0.717) is 4.85 Å². The Bertz CT molecular complexity index is 508. The number of fused-ring (bicyclic) bond motifs is 1. The molecule has 0 atom stereocenters. The predicted octanol–water partition coefficient (Wildman–Crippen LogP) is -2.04. The third kappa shape index (κ3) is 0.980. The maximum Gasteiger partial charge on any atom is 0.337 e. The van der Waals surface area contributed by atoms with Crippen LogP contribution in [0.2, 0.25) is 0 Å². The van der Waals surface area contributed by atoms with Crippen LogP contribution in [0.3, 0.4) is 0 Å². The topological polar surface area (TPSA) is 126 Å². The van der Waals surface area contributed by atoms with Crippen molar-refractivity contribution in [2.75, 3.05) is 5.59 Å². The summed E-state index contributed by atoms with van der Waals surface area (Å²) in [6.07, 6.45) is 0. The van der Waals surface area contributed by atoms with Crippen molar-refractivity contribution >= 4 is 0 Å². The van der Waals surface area contributed by atoms with Gasteiger partial charge >= 0.3 is 11.1 Å². The number of nitrogens with zero attached hydrogens (tertiary/aromatic N) is 3. The molecular formula is C4H3N5O4. The van der Waals surface area contributed by atoms with Crippen LogP contribution >= 0.6 is 0 Å². The van der Waals surface area contributed by atoms with E-state index in [4.69, 9.17) is 5.21 Å². The normalized spacial score (nSPS) is 10.5. The van der Waals surface area contributed by atoms with E-state index < -0.39 is 11.1 Å². The summed E-state index contributed by atoms with van der Waals surface area (Å²) < 4.78 is 4.41. The van der Waals surface area contributed by atoms with E-state index in [1.165, 1.54) is 0 Å². The van der Waals surface area contributed by atoms with Gasteiger partial charge in [-0.1, -0.05) is 0 Å². The van der Waals surface area contributed by atoms with Crippen LogP contribution in [0.1, 0.15) is 0 Å². The molecule has 2 rings (SSSR count). The van der Waals surface area contributed by atoms with Crippen LogP contribution in [0.4, 0.5) is 0 Å². The Hall–Kier alpha value is -2.16. The average molecular weight is 185 g/mol. The van der Waals surface area contributed by atoms with Gasteiger partial charge in [0.15, 0.2) is 0 Å². The minimum Gasteiger partial charge on any atom is -0.296 e. The number of nitrogens with one attached hydrogen (secondary N) is 2. The molecule has 68 valence electrons. The molecule has 2 heterocycles. The molecule has 3 N–H and O–H groups in total. The molecule has 2 aliphatic heterocycles. The van der Waals surface area contributed by atoms with Gasteiger partial charge in [0.2, 0.25) is 11.6 Å². The first-order chi connectivity index (χ1) is 6.22. The molecule has 0 fully saturated rings. The maximum atomic E-state index is 10.8. The molecule has 0 aromatic heterocycles. The van der Waals surface area contributed by atoms with Crippen molar-refractivity contribution in [3.05, 3.63) is 20.7 Å². The van der Waals surface area contributed by atoms with Crippen molar-refractivity contribution in [2.45, 2.75) is 0 Å². The first kappa shape index (κ1) is 7.49. The van der Waals surface area contributed by atoms with Crippen LogP contribution in [-0.2, 0) is 0 Å². The smallest absolute Gasteiger partial charge is 0.296 e. The molecule has 0 aromatic carbocycles. The Balaban J connectivity index is 2.84. The Labute approximate surface area is 68.8 Å². The molecule has 0 bridgehead atoms. The summed E-state index contributed by atoms with van der Waals surface area (Å²) >= 11 is 0. The summed E-state index contributed by atoms with van der Waals surface area (Å²) in [4.78, 5) is 27.5. The second-order valence-corrected chi connectivity index (χ2v) is 2.11. The van der Waals surface area contributed by atoms with Gasteiger partial charge in [-0.25, -0.2) is 4.63 Å². The lowest BCUT2D eigenvalue weighted by Gasteiger charge is -1.95. The second-order valence-electron chi connectivity index (χ2n) is 2.11. The summed E-state index contributed by atoms with van der Waals surface area (Å²) in [6.45, 7) is 0. The van der Waals surface area contributed by atoms with Gasteiger partial charge in [0, 0.05) is 0 Å². The highest BCUT2D eigenvalue weighted by Gasteiger charge is 2.16. The number of hydrogen-bond acceptors (Lipinski definition) is 7. The van der Waals surface area contributed by atoms with E-state index >= 15 is 0 Å².